The molecule has 1 saturated heterocycles. The lowest BCUT2D eigenvalue weighted by Crippen LogP contribution is -2.55. The normalized spacial score (nSPS) is 16.1. The van der Waals surface area contributed by atoms with E-state index in [1.807, 2.05) is 20.8 Å². The summed E-state index contributed by atoms with van der Waals surface area (Å²) in [5, 5.41) is 0. The van der Waals surface area contributed by atoms with Crippen molar-refractivity contribution in [3.63, 3.8) is 0 Å². The number of benzene rings is 2. The van der Waals surface area contributed by atoms with Crippen LogP contribution in [0.15, 0.2) is 42.5 Å². The van der Waals surface area contributed by atoms with Gasteiger partial charge in [0.25, 0.3) is 11.8 Å². The van der Waals surface area contributed by atoms with Gasteiger partial charge in [0.2, 0.25) is 5.91 Å². The summed E-state index contributed by atoms with van der Waals surface area (Å²) in [6.07, 6.45) is 0.500. The zero-order valence-electron chi connectivity index (χ0n) is 19.9. The van der Waals surface area contributed by atoms with E-state index in [2.05, 4.69) is 0 Å². The second-order valence-electron chi connectivity index (χ2n) is 8.40. The largest absolute Gasteiger partial charge is 0.497 e. The number of carbonyl (C=O) groups is 3. The van der Waals surface area contributed by atoms with Crippen LogP contribution in [0.5, 0.6) is 17.2 Å². The second-order valence-corrected chi connectivity index (χ2v) is 8.40. The highest BCUT2D eigenvalue weighted by Crippen LogP contribution is 2.34. The van der Waals surface area contributed by atoms with E-state index in [-0.39, 0.29) is 18.2 Å². The number of carbonyl (C=O) groups excluding carboxylic acids is 3. The number of ether oxygens (including phenoxy) is 3. The molecule has 0 bridgehead atoms. The molecule has 8 nitrogen and oxygen atoms in total. The number of nitrogens with zero attached hydrogens (tertiary/aromatic N) is 2. The van der Waals surface area contributed by atoms with Gasteiger partial charge < -0.3 is 19.1 Å². The highest BCUT2D eigenvalue weighted by Gasteiger charge is 2.48. The molecule has 1 heterocycles. The number of anilines is 1. The average Bonchev–Trinajstić information content (AvgIpc) is 3.11. The first-order valence-corrected chi connectivity index (χ1v) is 10.7. The van der Waals surface area contributed by atoms with Gasteiger partial charge in [0, 0.05) is 11.1 Å². The van der Waals surface area contributed by atoms with Gasteiger partial charge in [-0.25, -0.2) is 4.90 Å². The third-order valence-electron chi connectivity index (χ3n) is 6.13. The van der Waals surface area contributed by atoms with Crippen LogP contribution in [0.1, 0.15) is 44.0 Å². The molecule has 1 atom stereocenters. The lowest BCUT2D eigenvalue weighted by Gasteiger charge is -2.41. The first kappa shape index (κ1) is 24.1. The quantitative estimate of drug-likeness (QED) is 0.566. The molecule has 1 aliphatic rings. The minimum Gasteiger partial charge on any atom is -0.497 e. The summed E-state index contributed by atoms with van der Waals surface area (Å²) < 4.78 is 15.8. The molecule has 3 rings (SSSR count). The van der Waals surface area contributed by atoms with E-state index in [9.17, 15) is 14.4 Å². The minimum absolute atomic E-state index is 0.0900. The molecular formula is C25H30N2O6. The Morgan fingerprint density at radius 1 is 1.00 bits per heavy atom. The van der Waals surface area contributed by atoms with Crippen LogP contribution < -0.4 is 19.1 Å². The lowest BCUT2D eigenvalue weighted by atomic mass is 9.94. The van der Waals surface area contributed by atoms with Crippen molar-refractivity contribution >= 4 is 23.4 Å². The van der Waals surface area contributed by atoms with Gasteiger partial charge in [-0.1, -0.05) is 6.92 Å². The summed E-state index contributed by atoms with van der Waals surface area (Å²) in [7, 11) is 4.55. The van der Waals surface area contributed by atoms with Crippen LogP contribution >= 0.6 is 0 Å². The number of hydrogen-bond acceptors (Lipinski definition) is 6. The summed E-state index contributed by atoms with van der Waals surface area (Å²) in [5.74, 6) is 0.379. The SMILES string of the molecule is CCC(C)(C)N(C(=O)c1ccc(OC)c(OC)c1)C1CC(=O)N(c2ccc(OC)cc2)C1=O. The Kier molecular flexibility index (Phi) is 6.95. The second kappa shape index (κ2) is 9.52. The molecule has 0 spiro atoms. The molecule has 2 aromatic carbocycles. The van der Waals surface area contributed by atoms with Crippen LogP contribution in [0.4, 0.5) is 5.69 Å². The van der Waals surface area contributed by atoms with Crippen molar-refractivity contribution in [1.82, 2.24) is 4.90 Å². The van der Waals surface area contributed by atoms with Crippen LogP contribution in [-0.2, 0) is 9.59 Å². The highest BCUT2D eigenvalue weighted by molar-refractivity contribution is 6.23. The molecule has 0 aromatic heterocycles. The molecule has 1 unspecified atom stereocenters. The third kappa shape index (κ3) is 4.51. The topological polar surface area (TPSA) is 85.4 Å². The predicted molar refractivity (Wildman–Crippen MR) is 124 cm³/mol. The number of rotatable bonds is 8. The van der Waals surface area contributed by atoms with E-state index in [4.69, 9.17) is 14.2 Å². The van der Waals surface area contributed by atoms with Crippen molar-refractivity contribution in [2.24, 2.45) is 0 Å². The number of imide groups is 1. The molecule has 0 radical (unpaired) electrons. The number of amides is 3. The third-order valence-corrected chi connectivity index (χ3v) is 6.13. The Balaban J connectivity index is 2.00. The molecule has 176 valence electrons. The first-order chi connectivity index (χ1) is 15.7. The van der Waals surface area contributed by atoms with Crippen molar-refractivity contribution < 1.29 is 28.6 Å². The Morgan fingerprint density at radius 3 is 2.18 bits per heavy atom. The van der Waals surface area contributed by atoms with Gasteiger partial charge in [-0.3, -0.25) is 14.4 Å². The fourth-order valence-corrected chi connectivity index (χ4v) is 3.94. The maximum absolute atomic E-state index is 13.7. The Hall–Kier alpha value is -3.55. The molecule has 2 aromatic rings. The van der Waals surface area contributed by atoms with Crippen LogP contribution in [0.25, 0.3) is 0 Å². The molecule has 0 N–H and O–H groups in total. The van der Waals surface area contributed by atoms with Gasteiger partial charge in [0.15, 0.2) is 11.5 Å². The van der Waals surface area contributed by atoms with Gasteiger partial charge in [-0.2, -0.15) is 0 Å². The van der Waals surface area contributed by atoms with Crippen molar-refractivity contribution in [1.29, 1.82) is 0 Å². The van der Waals surface area contributed by atoms with E-state index in [1.165, 1.54) is 19.1 Å². The van der Waals surface area contributed by atoms with Crippen molar-refractivity contribution in [3.05, 3.63) is 48.0 Å². The van der Waals surface area contributed by atoms with E-state index < -0.39 is 17.5 Å². The zero-order valence-corrected chi connectivity index (χ0v) is 19.9. The van der Waals surface area contributed by atoms with Gasteiger partial charge >= 0.3 is 0 Å². The van der Waals surface area contributed by atoms with Crippen molar-refractivity contribution in [2.45, 2.75) is 45.2 Å². The summed E-state index contributed by atoms with van der Waals surface area (Å²) >= 11 is 0. The minimum atomic E-state index is -0.921. The summed E-state index contributed by atoms with van der Waals surface area (Å²) in [5.41, 5.74) is 0.110. The predicted octanol–water partition coefficient (Wildman–Crippen LogP) is 3.68. The molecule has 1 fully saturated rings. The van der Waals surface area contributed by atoms with Crippen LogP contribution in [-0.4, -0.2) is 55.5 Å². The van der Waals surface area contributed by atoms with E-state index in [0.29, 0.717) is 34.9 Å². The van der Waals surface area contributed by atoms with Crippen LogP contribution in [0.2, 0.25) is 0 Å². The molecule has 0 saturated carbocycles. The summed E-state index contributed by atoms with van der Waals surface area (Å²) in [6, 6.07) is 10.6. The highest BCUT2D eigenvalue weighted by atomic mass is 16.5. The monoisotopic (exact) mass is 454 g/mol. The smallest absolute Gasteiger partial charge is 0.257 e. The molecule has 8 heteroatoms. The maximum atomic E-state index is 13.7. The van der Waals surface area contributed by atoms with Gasteiger partial charge in [0.1, 0.15) is 11.8 Å². The van der Waals surface area contributed by atoms with Gasteiger partial charge in [-0.05, 0) is 62.7 Å². The number of hydrogen-bond donors (Lipinski definition) is 0. The number of methoxy groups -OCH3 is 3. The van der Waals surface area contributed by atoms with E-state index >= 15 is 0 Å². The van der Waals surface area contributed by atoms with E-state index in [1.54, 1.807) is 49.6 Å². The Morgan fingerprint density at radius 2 is 1.64 bits per heavy atom. The Labute approximate surface area is 194 Å². The fourth-order valence-electron chi connectivity index (χ4n) is 3.94. The maximum Gasteiger partial charge on any atom is 0.257 e. The van der Waals surface area contributed by atoms with Crippen molar-refractivity contribution in [3.8, 4) is 17.2 Å². The summed E-state index contributed by atoms with van der Waals surface area (Å²) in [4.78, 5) is 42.8. The lowest BCUT2D eigenvalue weighted by molar-refractivity contribution is -0.123. The molecular weight excluding hydrogens is 424 g/mol. The Bertz CT molecular complexity index is 1050. The van der Waals surface area contributed by atoms with Crippen LogP contribution in [0.3, 0.4) is 0 Å². The molecule has 33 heavy (non-hydrogen) atoms. The fraction of sp³-hybridized carbons (Fsp3) is 0.400. The zero-order chi connectivity index (χ0) is 24.3. The standard InChI is InChI=1S/C25H30N2O6/c1-7-25(2,3)27(23(29)16-8-13-20(32-5)21(14-16)33-6)19-15-22(28)26(24(19)30)17-9-11-18(31-4)12-10-17/h8-14,19H,7,15H2,1-6H3. The first-order valence-electron chi connectivity index (χ1n) is 10.7. The average molecular weight is 455 g/mol. The van der Waals surface area contributed by atoms with E-state index in [0.717, 1.165) is 4.90 Å². The van der Waals surface area contributed by atoms with Crippen molar-refractivity contribution in [2.75, 3.05) is 26.2 Å². The van der Waals surface area contributed by atoms with Gasteiger partial charge in [0.05, 0.1) is 33.4 Å². The molecule has 1 aliphatic heterocycles. The van der Waals surface area contributed by atoms with Crippen LogP contribution in [0, 0.1) is 0 Å². The molecule has 3 amide bonds. The van der Waals surface area contributed by atoms with Gasteiger partial charge in [-0.15, -0.1) is 0 Å². The molecule has 0 aliphatic carbocycles. The summed E-state index contributed by atoms with van der Waals surface area (Å²) in [6.45, 7) is 5.72.